The SMILES string of the molecule is COc1cc([C@@H]2C(C#N)=C3N=C(N)c4c(sc5c4C4CCN5CC4)N3C3=C2C(=O)CCC3)cc(OC)c1O. The zero-order valence-corrected chi connectivity index (χ0v) is 22.0. The first-order valence-electron chi connectivity index (χ1n) is 12.9. The zero-order chi connectivity index (χ0) is 26.3. The first-order valence-corrected chi connectivity index (χ1v) is 13.7. The van der Waals surface area contributed by atoms with Gasteiger partial charge in [-0.1, -0.05) is 11.3 Å². The molecule has 2 aromatic rings. The van der Waals surface area contributed by atoms with Crippen LogP contribution in [0.1, 0.15) is 60.6 Å². The molecule has 8 rings (SSSR count). The molecule has 1 aromatic heterocycles. The second-order valence-corrected chi connectivity index (χ2v) is 11.3. The van der Waals surface area contributed by atoms with Crippen LogP contribution in [-0.4, -0.2) is 44.0 Å². The van der Waals surface area contributed by atoms with E-state index in [1.54, 1.807) is 23.5 Å². The summed E-state index contributed by atoms with van der Waals surface area (Å²) in [6, 6.07) is 5.71. The fourth-order valence-corrected chi connectivity index (χ4v) is 8.24. The molecule has 6 aliphatic rings. The number of aromatic hydroxyl groups is 1. The Hall–Kier alpha value is -3.97. The van der Waals surface area contributed by atoms with Crippen LogP contribution in [-0.2, 0) is 4.79 Å². The quantitative estimate of drug-likeness (QED) is 0.605. The number of aliphatic imine (C=N–C) groups is 1. The largest absolute Gasteiger partial charge is 0.502 e. The van der Waals surface area contributed by atoms with Crippen LogP contribution in [0.25, 0.3) is 0 Å². The lowest BCUT2D eigenvalue weighted by atomic mass is 9.75. The van der Waals surface area contributed by atoms with E-state index in [4.69, 9.17) is 20.2 Å². The standard InChI is InChI=1S/C28H27N5O4S/c1-36-18-10-14(11-19(37-2)24(18)35)20-15(12-29)26-31-25(30)23-21-13-6-8-32(9-7-13)27(21)38-28(23)33(26)16-4-3-5-17(34)22(16)20/h10-11,13,20,35H,3-9H2,1-2H3,(H2,30,31)/t20-/m1/s1. The lowest BCUT2D eigenvalue weighted by molar-refractivity contribution is -0.116. The molecule has 3 N–H and O–H groups in total. The third-order valence-electron chi connectivity index (χ3n) is 8.47. The van der Waals surface area contributed by atoms with Gasteiger partial charge in [0.05, 0.1) is 42.3 Å². The number of nitrogens with zero attached hydrogens (tertiary/aromatic N) is 4. The number of benzene rings is 1. The van der Waals surface area contributed by atoms with E-state index in [-0.39, 0.29) is 23.0 Å². The Labute approximate surface area is 224 Å². The van der Waals surface area contributed by atoms with Crippen LogP contribution in [0, 0.1) is 11.3 Å². The molecule has 9 nitrogen and oxygen atoms in total. The summed E-state index contributed by atoms with van der Waals surface area (Å²) >= 11 is 1.70. The Morgan fingerprint density at radius 2 is 1.87 bits per heavy atom. The number of anilines is 2. The summed E-state index contributed by atoms with van der Waals surface area (Å²) < 4.78 is 10.8. The fraction of sp³-hybridized carbons (Fsp3) is 0.393. The maximum absolute atomic E-state index is 13.6. The van der Waals surface area contributed by atoms with Crippen LogP contribution in [0.5, 0.6) is 17.2 Å². The zero-order valence-electron chi connectivity index (χ0n) is 21.2. The predicted octanol–water partition coefficient (Wildman–Crippen LogP) is 4.23. The number of nitrogens with two attached hydrogens (primary N) is 1. The monoisotopic (exact) mass is 529 g/mol. The number of piperidine rings is 1. The van der Waals surface area contributed by atoms with Gasteiger partial charge in [-0.25, -0.2) is 4.99 Å². The van der Waals surface area contributed by atoms with E-state index in [9.17, 15) is 15.2 Å². The van der Waals surface area contributed by atoms with Gasteiger partial charge in [0.15, 0.2) is 23.1 Å². The highest BCUT2D eigenvalue weighted by atomic mass is 32.1. The van der Waals surface area contributed by atoms with E-state index in [0.717, 1.165) is 48.6 Å². The number of thiophene rings is 1. The molecule has 10 heteroatoms. The summed E-state index contributed by atoms with van der Waals surface area (Å²) in [5.41, 5.74) is 11.4. The molecule has 0 spiro atoms. The van der Waals surface area contributed by atoms with Crippen molar-refractivity contribution in [1.29, 1.82) is 5.26 Å². The predicted molar refractivity (Wildman–Crippen MR) is 144 cm³/mol. The van der Waals surface area contributed by atoms with Crippen molar-refractivity contribution in [3.63, 3.8) is 0 Å². The number of rotatable bonds is 3. The molecule has 2 bridgehead atoms. The maximum Gasteiger partial charge on any atom is 0.200 e. The summed E-state index contributed by atoms with van der Waals surface area (Å²) in [4.78, 5) is 23.0. The Morgan fingerprint density at radius 1 is 1.16 bits per heavy atom. The lowest BCUT2D eigenvalue weighted by Crippen LogP contribution is -2.40. The molecule has 1 fully saturated rings. The van der Waals surface area contributed by atoms with Gasteiger partial charge in [0, 0.05) is 36.3 Å². The Morgan fingerprint density at radius 3 is 2.53 bits per heavy atom. The molecule has 0 saturated carbocycles. The van der Waals surface area contributed by atoms with E-state index in [1.807, 2.05) is 4.90 Å². The first-order chi connectivity index (χ1) is 18.5. The van der Waals surface area contributed by atoms with E-state index < -0.39 is 5.92 Å². The van der Waals surface area contributed by atoms with E-state index in [0.29, 0.717) is 47.1 Å². The van der Waals surface area contributed by atoms with Crippen LogP contribution in [0.4, 0.5) is 10.0 Å². The fourth-order valence-electron chi connectivity index (χ4n) is 6.77. The van der Waals surface area contributed by atoms with Crippen LogP contribution in [0.3, 0.4) is 0 Å². The third kappa shape index (κ3) is 2.96. The first kappa shape index (κ1) is 23.2. The van der Waals surface area contributed by atoms with Crippen LogP contribution < -0.4 is 25.0 Å². The van der Waals surface area contributed by atoms with Gasteiger partial charge in [-0.3, -0.25) is 9.69 Å². The molecule has 6 heterocycles. The summed E-state index contributed by atoms with van der Waals surface area (Å²) in [6.07, 6.45) is 4.05. The minimum absolute atomic E-state index is 0.0169. The normalized spacial score (nSPS) is 22.0. The minimum atomic E-state index is -0.676. The average molecular weight is 530 g/mol. The van der Waals surface area contributed by atoms with Gasteiger partial charge in [-0.05, 0) is 49.3 Å². The van der Waals surface area contributed by atoms with Crippen molar-refractivity contribution >= 4 is 33.0 Å². The summed E-state index contributed by atoms with van der Waals surface area (Å²) in [5.74, 6) is 0.982. The van der Waals surface area contributed by atoms with Gasteiger partial charge in [0.25, 0.3) is 0 Å². The highest BCUT2D eigenvalue weighted by molar-refractivity contribution is 7.21. The molecule has 0 unspecified atom stereocenters. The number of methoxy groups -OCH3 is 2. The van der Waals surface area contributed by atoms with Crippen molar-refractivity contribution < 1.29 is 19.4 Å². The summed E-state index contributed by atoms with van der Waals surface area (Å²) in [7, 11) is 2.91. The van der Waals surface area contributed by atoms with Crippen molar-refractivity contribution in [2.45, 2.75) is 43.9 Å². The van der Waals surface area contributed by atoms with E-state index in [1.165, 1.54) is 24.8 Å². The van der Waals surface area contributed by atoms with E-state index >= 15 is 0 Å². The number of carbonyl (C=O) groups is 1. The molecule has 194 valence electrons. The molecule has 38 heavy (non-hydrogen) atoms. The van der Waals surface area contributed by atoms with Crippen molar-refractivity contribution in [3.05, 3.63) is 51.5 Å². The number of ketones is 1. The Bertz CT molecular complexity index is 1530. The number of amidine groups is 1. The number of allylic oxidation sites excluding steroid dienone is 3. The molecule has 1 aliphatic carbocycles. The highest BCUT2D eigenvalue weighted by Crippen LogP contribution is 2.58. The maximum atomic E-state index is 13.6. The second-order valence-electron chi connectivity index (χ2n) is 10.3. The van der Waals surface area contributed by atoms with Gasteiger partial charge in [-0.2, -0.15) is 5.26 Å². The Balaban J connectivity index is 1.50. The third-order valence-corrected chi connectivity index (χ3v) is 9.72. The van der Waals surface area contributed by atoms with Crippen molar-refractivity contribution in [2.24, 2.45) is 10.7 Å². The second kappa shape index (κ2) is 8.27. The molecular formula is C28H27N5O4S. The number of nitriles is 1. The summed E-state index contributed by atoms with van der Waals surface area (Å²) in [5, 5.41) is 23.3. The minimum Gasteiger partial charge on any atom is -0.502 e. The number of Topliss-reactive ketones (excluding diaryl/α,β-unsaturated/α-hetero) is 1. The number of ether oxygens (including phenoxy) is 2. The number of fused-ring (bicyclic) bond motifs is 6. The van der Waals surface area contributed by atoms with Gasteiger partial charge >= 0.3 is 0 Å². The highest BCUT2D eigenvalue weighted by Gasteiger charge is 2.47. The summed E-state index contributed by atoms with van der Waals surface area (Å²) in [6.45, 7) is 2.08. The van der Waals surface area contributed by atoms with Crippen LogP contribution in [0.2, 0.25) is 0 Å². The Kier molecular flexibility index (Phi) is 5.04. The molecular weight excluding hydrogens is 502 g/mol. The molecule has 1 saturated heterocycles. The number of phenolic OH excluding ortho intramolecular Hbond substituents is 1. The topological polar surface area (TPSA) is 124 Å². The molecule has 0 amide bonds. The van der Waals surface area contributed by atoms with Crippen LogP contribution >= 0.6 is 11.3 Å². The van der Waals surface area contributed by atoms with Gasteiger partial charge in [-0.15, -0.1) is 0 Å². The van der Waals surface area contributed by atoms with E-state index in [2.05, 4.69) is 11.0 Å². The van der Waals surface area contributed by atoms with Gasteiger partial charge in [0.1, 0.15) is 10.8 Å². The number of hydrogen-bond acceptors (Lipinski definition) is 10. The van der Waals surface area contributed by atoms with Crippen molar-refractivity contribution in [1.82, 2.24) is 0 Å². The van der Waals surface area contributed by atoms with Gasteiger partial charge < -0.3 is 25.2 Å². The molecule has 0 radical (unpaired) electrons. The number of hydrogen-bond donors (Lipinski definition) is 2. The molecule has 1 aromatic carbocycles. The number of phenols is 1. The lowest BCUT2D eigenvalue weighted by Gasteiger charge is -2.41. The van der Waals surface area contributed by atoms with Crippen LogP contribution in [0.15, 0.2) is 39.8 Å². The smallest absolute Gasteiger partial charge is 0.200 e. The van der Waals surface area contributed by atoms with Crippen molar-refractivity contribution in [2.75, 3.05) is 37.1 Å². The molecule has 5 aliphatic heterocycles. The molecule has 1 atom stereocenters. The number of carbonyl (C=O) groups excluding carboxylic acids is 1. The average Bonchev–Trinajstić information content (AvgIpc) is 3.37. The van der Waals surface area contributed by atoms with Gasteiger partial charge in [0.2, 0.25) is 5.75 Å². The van der Waals surface area contributed by atoms with Crippen molar-refractivity contribution in [3.8, 4) is 23.3 Å².